The monoisotopic (exact) mass is 442 g/mol. The second-order valence-electron chi connectivity index (χ2n) is 6.72. The lowest BCUT2D eigenvalue weighted by atomic mass is 10.1. The summed E-state index contributed by atoms with van der Waals surface area (Å²) in [7, 11) is 7.81. The van der Waals surface area contributed by atoms with Crippen molar-refractivity contribution in [1.82, 2.24) is 4.90 Å². The standard InChI is InChI=1S/C23H26N2O7/c1-25(2)23(28)15-6-9-17(10-7-15)24-21(26)14-32-22(27)11-8-16-12-19(30-4)20(31-5)13-18(16)29-3/h6-13H,14H2,1-5H3,(H,24,26)/b11-8+. The Hall–Kier alpha value is -4.01. The topological polar surface area (TPSA) is 103 Å². The summed E-state index contributed by atoms with van der Waals surface area (Å²) in [5.41, 5.74) is 1.54. The Morgan fingerprint density at radius 1 is 0.906 bits per heavy atom. The molecular weight excluding hydrogens is 416 g/mol. The maximum Gasteiger partial charge on any atom is 0.331 e. The summed E-state index contributed by atoms with van der Waals surface area (Å²) in [4.78, 5) is 37.4. The van der Waals surface area contributed by atoms with E-state index in [0.29, 0.717) is 34.1 Å². The van der Waals surface area contributed by atoms with Crippen LogP contribution in [-0.4, -0.2) is 64.7 Å². The normalized spacial score (nSPS) is 10.4. The molecule has 0 aromatic heterocycles. The van der Waals surface area contributed by atoms with Gasteiger partial charge in [-0.25, -0.2) is 4.79 Å². The van der Waals surface area contributed by atoms with Gasteiger partial charge < -0.3 is 29.2 Å². The van der Waals surface area contributed by atoms with E-state index in [2.05, 4.69) is 5.32 Å². The number of benzene rings is 2. The molecule has 0 aliphatic carbocycles. The zero-order chi connectivity index (χ0) is 23.7. The van der Waals surface area contributed by atoms with Gasteiger partial charge in [-0.3, -0.25) is 9.59 Å². The molecule has 0 bridgehead atoms. The van der Waals surface area contributed by atoms with Crippen molar-refractivity contribution >= 4 is 29.5 Å². The highest BCUT2D eigenvalue weighted by atomic mass is 16.5. The van der Waals surface area contributed by atoms with Crippen LogP contribution in [-0.2, 0) is 14.3 Å². The first-order chi connectivity index (χ1) is 15.3. The van der Waals surface area contributed by atoms with Gasteiger partial charge in [0.05, 0.1) is 21.3 Å². The predicted molar refractivity (Wildman–Crippen MR) is 119 cm³/mol. The lowest BCUT2D eigenvalue weighted by Gasteiger charge is -2.12. The van der Waals surface area contributed by atoms with Crippen molar-refractivity contribution in [3.63, 3.8) is 0 Å². The Morgan fingerprint density at radius 2 is 1.50 bits per heavy atom. The smallest absolute Gasteiger partial charge is 0.331 e. The van der Waals surface area contributed by atoms with E-state index < -0.39 is 18.5 Å². The number of anilines is 1. The van der Waals surface area contributed by atoms with Crippen LogP contribution < -0.4 is 19.5 Å². The first-order valence-electron chi connectivity index (χ1n) is 9.55. The van der Waals surface area contributed by atoms with Crippen LogP contribution in [0.3, 0.4) is 0 Å². The van der Waals surface area contributed by atoms with Gasteiger partial charge >= 0.3 is 5.97 Å². The van der Waals surface area contributed by atoms with Crippen molar-refractivity contribution in [1.29, 1.82) is 0 Å². The van der Waals surface area contributed by atoms with Gasteiger partial charge in [0, 0.05) is 43.1 Å². The Labute approximate surface area is 186 Å². The third-order valence-corrected chi connectivity index (χ3v) is 4.30. The number of methoxy groups -OCH3 is 3. The second-order valence-corrected chi connectivity index (χ2v) is 6.72. The number of nitrogens with zero attached hydrogens (tertiary/aromatic N) is 1. The molecule has 2 amide bonds. The van der Waals surface area contributed by atoms with Crippen LogP contribution in [0.25, 0.3) is 6.08 Å². The van der Waals surface area contributed by atoms with Gasteiger partial charge in [0.15, 0.2) is 18.1 Å². The summed E-state index contributed by atoms with van der Waals surface area (Å²) in [6.45, 7) is -0.468. The molecule has 2 aromatic carbocycles. The molecule has 2 rings (SSSR count). The highest BCUT2D eigenvalue weighted by Gasteiger charge is 2.12. The van der Waals surface area contributed by atoms with E-state index in [9.17, 15) is 14.4 Å². The van der Waals surface area contributed by atoms with E-state index in [1.807, 2.05) is 0 Å². The Kier molecular flexibility index (Phi) is 8.64. The van der Waals surface area contributed by atoms with E-state index in [1.165, 1.54) is 38.4 Å². The van der Waals surface area contributed by atoms with Crippen molar-refractivity contribution in [3.05, 3.63) is 53.6 Å². The number of hydrogen-bond acceptors (Lipinski definition) is 7. The third-order valence-electron chi connectivity index (χ3n) is 4.30. The number of carbonyl (C=O) groups excluding carboxylic acids is 3. The zero-order valence-corrected chi connectivity index (χ0v) is 18.6. The van der Waals surface area contributed by atoms with Crippen molar-refractivity contribution in [2.45, 2.75) is 0 Å². The minimum Gasteiger partial charge on any atom is -0.496 e. The van der Waals surface area contributed by atoms with Gasteiger partial charge in [0.1, 0.15) is 5.75 Å². The molecule has 0 unspecified atom stereocenters. The second kappa shape index (κ2) is 11.4. The van der Waals surface area contributed by atoms with Crippen molar-refractivity contribution < 1.29 is 33.3 Å². The molecule has 0 fully saturated rings. The minimum absolute atomic E-state index is 0.144. The highest BCUT2D eigenvalue weighted by Crippen LogP contribution is 2.35. The van der Waals surface area contributed by atoms with Gasteiger partial charge in [-0.1, -0.05) is 0 Å². The average molecular weight is 442 g/mol. The Balaban J connectivity index is 1.93. The quantitative estimate of drug-likeness (QED) is 0.470. The Morgan fingerprint density at radius 3 is 2.06 bits per heavy atom. The third kappa shape index (κ3) is 6.49. The maximum atomic E-state index is 12.0. The van der Waals surface area contributed by atoms with Crippen LogP contribution in [0.15, 0.2) is 42.5 Å². The number of esters is 1. The van der Waals surface area contributed by atoms with Crippen molar-refractivity contribution in [2.75, 3.05) is 47.3 Å². The number of carbonyl (C=O) groups is 3. The fourth-order valence-corrected chi connectivity index (χ4v) is 2.68. The van der Waals surface area contributed by atoms with Gasteiger partial charge in [0.25, 0.3) is 11.8 Å². The van der Waals surface area contributed by atoms with E-state index in [0.717, 1.165) is 0 Å². The van der Waals surface area contributed by atoms with Gasteiger partial charge in [-0.15, -0.1) is 0 Å². The van der Waals surface area contributed by atoms with E-state index in [-0.39, 0.29) is 5.91 Å². The van der Waals surface area contributed by atoms with Crippen molar-refractivity contribution in [2.24, 2.45) is 0 Å². The number of rotatable bonds is 9. The van der Waals surface area contributed by atoms with E-state index >= 15 is 0 Å². The predicted octanol–water partition coefficient (Wildman–Crippen LogP) is 2.61. The maximum absolute atomic E-state index is 12.0. The SMILES string of the molecule is COc1cc(OC)c(OC)cc1/C=C/C(=O)OCC(=O)Nc1ccc(C(=O)N(C)C)cc1. The zero-order valence-electron chi connectivity index (χ0n) is 18.6. The molecule has 9 nitrogen and oxygen atoms in total. The molecule has 0 aliphatic heterocycles. The number of nitrogens with one attached hydrogen (secondary N) is 1. The molecule has 0 radical (unpaired) electrons. The summed E-state index contributed by atoms with van der Waals surface area (Å²) in [6.07, 6.45) is 2.67. The summed E-state index contributed by atoms with van der Waals surface area (Å²) >= 11 is 0. The number of ether oxygens (including phenoxy) is 4. The summed E-state index contributed by atoms with van der Waals surface area (Å²) in [5, 5.41) is 2.60. The molecule has 0 spiro atoms. The molecule has 32 heavy (non-hydrogen) atoms. The van der Waals surface area contributed by atoms with Crippen LogP contribution in [0.1, 0.15) is 15.9 Å². The van der Waals surface area contributed by atoms with E-state index in [4.69, 9.17) is 18.9 Å². The van der Waals surface area contributed by atoms with Crippen LogP contribution in [0.4, 0.5) is 5.69 Å². The number of hydrogen-bond donors (Lipinski definition) is 1. The molecule has 2 aromatic rings. The molecule has 170 valence electrons. The van der Waals surface area contributed by atoms with Crippen LogP contribution in [0.2, 0.25) is 0 Å². The largest absolute Gasteiger partial charge is 0.496 e. The highest BCUT2D eigenvalue weighted by molar-refractivity contribution is 5.96. The summed E-state index contributed by atoms with van der Waals surface area (Å²) in [6, 6.07) is 9.68. The van der Waals surface area contributed by atoms with Gasteiger partial charge in [0.2, 0.25) is 0 Å². The molecule has 0 aliphatic rings. The lowest BCUT2D eigenvalue weighted by molar-refractivity contribution is -0.142. The Bertz CT molecular complexity index is 998. The molecule has 0 atom stereocenters. The lowest BCUT2D eigenvalue weighted by Crippen LogP contribution is -2.22. The molecule has 0 saturated carbocycles. The van der Waals surface area contributed by atoms with Crippen LogP contribution >= 0.6 is 0 Å². The van der Waals surface area contributed by atoms with Gasteiger partial charge in [-0.2, -0.15) is 0 Å². The minimum atomic E-state index is -0.705. The summed E-state index contributed by atoms with van der Waals surface area (Å²) in [5.74, 6) is 0.0697. The fraction of sp³-hybridized carbons (Fsp3) is 0.261. The molecule has 1 N–H and O–H groups in total. The average Bonchev–Trinajstić information content (AvgIpc) is 2.80. The van der Waals surface area contributed by atoms with Crippen molar-refractivity contribution in [3.8, 4) is 17.2 Å². The fourth-order valence-electron chi connectivity index (χ4n) is 2.68. The molecular formula is C23H26N2O7. The number of amides is 2. The first-order valence-corrected chi connectivity index (χ1v) is 9.55. The molecule has 0 heterocycles. The van der Waals surface area contributed by atoms with Crippen LogP contribution in [0, 0.1) is 0 Å². The first kappa shape index (κ1) is 24.3. The van der Waals surface area contributed by atoms with E-state index in [1.54, 1.807) is 50.5 Å². The van der Waals surface area contributed by atoms with Gasteiger partial charge in [-0.05, 0) is 36.4 Å². The molecule has 9 heteroatoms. The summed E-state index contributed by atoms with van der Waals surface area (Å²) < 4.78 is 20.7. The van der Waals surface area contributed by atoms with Crippen LogP contribution in [0.5, 0.6) is 17.2 Å². The molecule has 0 saturated heterocycles.